The summed E-state index contributed by atoms with van der Waals surface area (Å²) in [6, 6.07) is 0.992. The molecule has 8 nitrogen and oxygen atoms in total. The van der Waals surface area contributed by atoms with Crippen LogP contribution < -0.4 is 5.32 Å². The number of likely N-dealkylation sites (N-methyl/N-ethyl adjacent to an activating group) is 1. The highest BCUT2D eigenvalue weighted by molar-refractivity contribution is 5.96. The van der Waals surface area contributed by atoms with Crippen molar-refractivity contribution in [3.8, 4) is 0 Å². The summed E-state index contributed by atoms with van der Waals surface area (Å²) in [5.74, 6) is -2.67. The standard InChI is InChI=1S/C10H13N3O5/c1-3-13(2)8(14)5-11-9(15)6-4-7(10(16)17)18-12-6/h4H,3,5H2,1-2H3,(H,11,15)(H,16,17). The molecule has 0 aromatic carbocycles. The van der Waals surface area contributed by atoms with E-state index < -0.39 is 17.6 Å². The number of carbonyl (C=O) groups excluding carboxylic acids is 2. The van der Waals surface area contributed by atoms with Crippen LogP contribution in [-0.4, -0.2) is 53.1 Å². The Hall–Kier alpha value is -2.38. The highest BCUT2D eigenvalue weighted by Gasteiger charge is 2.17. The molecule has 8 heteroatoms. The molecule has 1 heterocycles. The smallest absolute Gasteiger partial charge is 0.374 e. The molecule has 0 spiro atoms. The van der Waals surface area contributed by atoms with Crippen LogP contribution in [0.3, 0.4) is 0 Å². The Morgan fingerprint density at radius 3 is 2.67 bits per heavy atom. The summed E-state index contributed by atoms with van der Waals surface area (Å²) < 4.78 is 4.42. The van der Waals surface area contributed by atoms with Crippen LogP contribution in [0.5, 0.6) is 0 Å². The minimum atomic E-state index is -1.32. The first-order valence-electron chi connectivity index (χ1n) is 5.17. The van der Waals surface area contributed by atoms with Crippen molar-refractivity contribution in [2.75, 3.05) is 20.1 Å². The zero-order valence-corrected chi connectivity index (χ0v) is 9.97. The first-order valence-corrected chi connectivity index (χ1v) is 5.17. The fourth-order valence-corrected chi connectivity index (χ4v) is 1.04. The Bertz CT molecular complexity index is 468. The number of amides is 2. The molecule has 1 aromatic heterocycles. The first-order chi connectivity index (χ1) is 8.45. The van der Waals surface area contributed by atoms with Gasteiger partial charge in [0.1, 0.15) is 0 Å². The molecule has 0 bridgehead atoms. The molecule has 0 aliphatic rings. The van der Waals surface area contributed by atoms with Crippen LogP contribution in [0, 0.1) is 0 Å². The van der Waals surface area contributed by atoms with Gasteiger partial charge in [0.05, 0.1) is 6.54 Å². The van der Waals surface area contributed by atoms with E-state index in [1.165, 1.54) is 4.90 Å². The van der Waals surface area contributed by atoms with Crippen LogP contribution in [0.15, 0.2) is 10.6 Å². The predicted octanol–water partition coefficient (Wildman–Crippen LogP) is -0.419. The van der Waals surface area contributed by atoms with E-state index in [4.69, 9.17) is 5.11 Å². The number of carbonyl (C=O) groups is 3. The third kappa shape index (κ3) is 3.30. The van der Waals surface area contributed by atoms with E-state index >= 15 is 0 Å². The maximum atomic E-state index is 11.5. The minimum Gasteiger partial charge on any atom is -0.475 e. The molecule has 0 saturated carbocycles. The number of rotatable bonds is 5. The van der Waals surface area contributed by atoms with Crippen molar-refractivity contribution in [1.29, 1.82) is 0 Å². The molecule has 2 amide bonds. The van der Waals surface area contributed by atoms with Gasteiger partial charge in [-0.2, -0.15) is 0 Å². The lowest BCUT2D eigenvalue weighted by Crippen LogP contribution is -2.38. The first kappa shape index (κ1) is 13.7. The Balaban J connectivity index is 2.55. The molecule has 0 atom stereocenters. The molecule has 0 unspecified atom stereocenters. The zero-order chi connectivity index (χ0) is 13.7. The molecule has 18 heavy (non-hydrogen) atoms. The quantitative estimate of drug-likeness (QED) is 0.738. The van der Waals surface area contributed by atoms with Gasteiger partial charge in [0.15, 0.2) is 5.69 Å². The minimum absolute atomic E-state index is 0.181. The van der Waals surface area contributed by atoms with Crippen LogP contribution in [0.2, 0.25) is 0 Å². The summed E-state index contributed by atoms with van der Waals surface area (Å²) in [6.07, 6.45) is 0. The number of aromatic carboxylic acids is 1. The maximum Gasteiger partial charge on any atom is 0.374 e. The van der Waals surface area contributed by atoms with Gasteiger partial charge in [0.2, 0.25) is 11.7 Å². The van der Waals surface area contributed by atoms with Crippen LogP contribution in [-0.2, 0) is 4.79 Å². The second-order valence-corrected chi connectivity index (χ2v) is 3.47. The number of carboxylic acid groups (broad SMARTS) is 1. The van der Waals surface area contributed by atoms with Gasteiger partial charge in [0, 0.05) is 19.7 Å². The SMILES string of the molecule is CCN(C)C(=O)CNC(=O)c1cc(C(=O)O)on1. The maximum absolute atomic E-state index is 11.5. The fourth-order valence-electron chi connectivity index (χ4n) is 1.04. The van der Waals surface area contributed by atoms with Crippen LogP contribution in [0.4, 0.5) is 0 Å². The van der Waals surface area contributed by atoms with Crippen molar-refractivity contribution in [3.05, 3.63) is 17.5 Å². The highest BCUT2D eigenvalue weighted by atomic mass is 16.5. The van der Waals surface area contributed by atoms with Gasteiger partial charge in [-0.25, -0.2) is 4.79 Å². The molecule has 0 aliphatic heterocycles. The van der Waals surface area contributed by atoms with Gasteiger partial charge in [0.25, 0.3) is 5.91 Å². The monoisotopic (exact) mass is 255 g/mol. The van der Waals surface area contributed by atoms with Crippen molar-refractivity contribution < 1.29 is 24.0 Å². The van der Waals surface area contributed by atoms with Gasteiger partial charge in [-0.15, -0.1) is 0 Å². The number of aromatic nitrogens is 1. The van der Waals surface area contributed by atoms with Crippen molar-refractivity contribution in [2.45, 2.75) is 6.92 Å². The normalized spacial score (nSPS) is 9.89. The molecule has 2 N–H and O–H groups in total. The molecule has 0 fully saturated rings. The van der Waals surface area contributed by atoms with Crippen molar-refractivity contribution in [3.63, 3.8) is 0 Å². The van der Waals surface area contributed by atoms with E-state index in [9.17, 15) is 14.4 Å². The lowest BCUT2D eigenvalue weighted by atomic mass is 10.3. The van der Waals surface area contributed by atoms with E-state index in [0.29, 0.717) is 6.54 Å². The lowest BCUT2D eigenvalue weighted by molar-refractivity contribution is -0.128. The zero-order valence-electron chi connectivity index (χ0n) is 9.97. The number of hydrogen-bond acceptors (Lipinski definition) is 5. The van der Waals surface area contributed by atoms with Gasteiger partial charge in [-0.1, -0.05) is 5.16 Å². The number of hydrogen-bond donors (Lipinski definition) is 2. The second kappa shape index (κ2) is 5.80. The van der Waals surface area contributed by atoms with E-state index in [0.717, 1.165) is 6.07 Å². The third-order valence-corrected chi connectivity index (χ3v) is 2.25. The van der Waals surface area contributed by atoms with Gasteiger partial charge in [-0.05, 0) is 6.92 Å². The van der Waals surface area contributed by atoms with Crippen molar-refractivity contribution >= 4 is 17.8 Å². The van der Waals surface area contributed by atoms with Gasteiger partial charge >= 0.3 is 5.97 Å². The average molecular weight is 255 g/mol. The summed E-state index contributed by atoms with van der Waals surface area (Å²) in [5, 5.41) is 14.2. The summed E-state index contributed by atoms with van der Waals surface area (Å²) in [7, 11) is 1.60. The van der Waals surface area contributed by atoms with Gasteiger partial charge in [-0.3, -0.25) is 9.59 Å². The Kier molecular flexibility index (Phi) is 4.41. The van der Waals surface area contributed by atoms with E-state index in [-0.39, 0.29) is 18.1 Å². The van der Waals surface area contributed by atoms with E-state index in [1.54, 1.807) is 14.0 Å². The second-order valence-electron chi connectivity index (χ2n) is 3.47. The van der Waals surface area contributed by atoms with Crippen molar-refractivity contribution in [1.82, 2.24) is 15.4 Å². The molecule has 1 rings (SSSR count). The summed E-state index contributed by atoms with van der Waals surface area (Å²) in [6.45, 7) is 2.15. The van der Waals surface area contributed by atoms with E-state index in [1.807, 2.05) is 0 Å². The molecule has 0 saturated heterocycles. The average Bonchev–Trinajstić information content (AvgIpc) is 2.84. The molecule has 0 radical (unpaired) electrons. The molecular weight excluding hydrogens is 242 g/mol. The Morgan fingerprint density at radius 2 is 2.17 bits per heavy atom. The largest absolute Gasteiger partial charge is 0.475 e. The van der Waals surface area contributed by atoms with E-state index in [2.05, 4.69) is 15.0 Å². The van der Waals surface area contributed by atoms with Gasteiger partial charge < -0.3 is 19.8 Å². The number of carboxylic acids is 1. The Morgan fingerprint density at radius 1 is 1.50 bits per heavy atom. The third-order valence-electron chi connectivity index (χ3n) is 2.25. The number of nitrogens with one attached hydrogen (secondary N) is 1. The number of nitrogens with zero attached hydrogens (tertiary/aromatic N) is 2. The van der Waals surface area contributed by atoms with Crippen molar-refractivity contribution in [2.24, 2.45) is 0 Å². The molecule has 1 aromatic rings. The Labute approximate surface area is 103 Å². The molecule has 0 aliphatic carbocycles. The van der Waals surface area contributed by atoms with Crippen LogP contribution >= 0.6 is 0 Å². The lowest BCUT2D eigenvalue weighted by Gasteiger charge is -2.14. The predicted molar refractivity (Wildman–Crippen MR) is 59.1 cm³/mol. The fraction of sp³-hybridized carbons (Fsp3) is 0.400. The molecular formula is C10H13N3O5. The summed E-state index contributed by atoms with van der Waals surface area (Å²) in [5.41, 5.74) is -0.181. The van der Waals surface area contributed by atoms with Crippen LogP contribution in [0.25, 0.3) is 0 Å². The summed E-state index contributed by atoms with van der Waals surface area (Å²) in [4.78, 5) is 34.8. The highest BCUT2D eigenvalue weighted by Crippen LogP contribution is 2.03. The van der Waals surface area contributed by atoms with Crippen LogP contribution in [0.1, 0.15) is 28.0 Å². The summed E-state index contributed by atoms with van der Waals surface area (Å²) >= 11 is 0. The molecule has 98 valence electrons. The topological polar surface area (TPSA) is 113 Å².